The lowest BCUT2D eigenvalue weighted by atomic mass is 9.73. The third-order valence-electron chi connectivity index (χ3n) is 3.44. The van der Waals surface area contributed by atoms with Gasteiger partial charge in [0.15, 0.2) is 0 Å². The summed E-state index contributed by atoms with van der Waals surface area (Å²) in [5.41, 5.74) is 7.86. The molecule has 1 heteroatoms. The topological polar surface area (TPSA) is 26.0 Å². The highest BCUT2D eigenvalue weighted by molar-refractivity contribution is 5.15. The van der Waals surface area contributed by atoms with Gasteiger partial charge in [0.25, 0.3) is 0 Å². The summed E-state index contributed by atoms with van der Waals surface area (Å²) in [6, 6.07) is 0. The summed E-state index contributed by atoms with van der Waals surface area (Å²) < 4.78 is 0. The van der Waals surface area contributed by atoms with Crippen molar-refractivity contribution in [3.63, 3.8) is 0 Å². The van der Waals surface area contributed by atoms with Crippen LogP contribution in [0.2, 0.25) is 0 Å². The van der Waals surface area contributed by atoms with E-state index in [4.69, 9.17) is 5.73 Å². The Kier molecular flexibility index (Phi) is 1.99. The molecule has 0 heterocycles. The fourth-order valence-electron chi connectivity index (χ4n) is 2.15. The largest absolute Gasteiger partial charge is 0.325 e. The number of rotatable bonds is 1. The molecular formula is C11H19N. The molecule has 1 atom stereocenters. The highest BCUT2D eigenvalue weighted by Crippen LogP contribution is 2.39. The van der Waals surface area contributed by atoms with Crippen molar-refractivity contribution < 1.29 is 0 Å². The first-order chi connectivity index (χ1) is 5.67. The van der Waals surface area contributed by atoms with E-state index in [-0.39, 0.29) is 5.54 Å². The van der Waals surface area contributed by atoms with Crippen molar-refractivity contribution >= 4 is 0 Å². The molecule has 2 aliphatic carbocycles. The van der Waals surface area contributed by atoms with E-state index in [1.54, 1.807) is 5.57 Å². The first kappa shape index (κ1) is 8.31. The minimum absolute atomic E-state index is 0.0905. The standard InChI is InChI=1S/C11H19N/c1-11(12)7-5-10(6-8-11)9-3-2-4-9/h5,9H,2-4,6-8,12H2,1H3. The Balaban J connectivity index is 1.97. The van der Waals surface area contributed by atoms with Crippen LogP contribution in [0.25, 0.3) is 0 Å². The summed E-state index contributed by atoms with van der Waals surface area (Å²) in [4.78, 5) is 0. The van der Waals surface area contributed by atoms with Crippen molar-refractivity contribution in [2.24, 2.45) is 11.7 Å². The van der Waals surface area contributed by atoms with Gasteiger partial charge in [-0.15, -0.1) is 0 Å². The molecule has 1 saturated carbocycles. The second kappa shape index (κ2) is 2.88. The predicted octanol–water partition coefficient (Wildman–Crippen LogP) is 2.61. The zero-order valence-electron chi connectivity index (χ0n) is 7.97. The van der Waals surface area contributed by atoms with Crippen molar-refractivity contribution in [2.45, 2.75) is 51.0 Å². The molecule has 1 unspecified atom stereocenters. The summed E-state index contributed by atoms with van der Waals surface area (Å²) >= 11 is 0. The highest BCUT2D eigenvalue weighted by Gasteiger charge is 2.27. The van der Waals surface area contributed by atoms with E-state index in [0.29, 0.717) is 0 Å². The summed E-state index contributed by atoms with van der Waals surface area (Å²) in [5.74, 6) is 0.945. The van der Waals surface area contributed by atoms with Crippen molar-refractivity contribution in [3.8, 4) is 0 Å². The summed E-state index contributed by atoms with van der Waals surface area (Å²) in [6.07, 6.45) is 10.3. The van der Waals surface area contributed by atoms with E-state index in [0.717, 1.165) is 12.3 Å². The molecule has 0 aliphatic heterocycles. The van der Waals surface area contributed by atoms with Gasteiger partial charge in [-0.3, -0.25) is 0 Å². The molecule has 68 valence electrons. The minimum Gasteiger partial charge on any atom is -0.325 e. The Hall–Kier alpha value is -0.300. The molecule has 0 aromatic rings. The van der Waals surface area contributed by atoms with Gasteiger partial charge in [-0.25, -0.2) is 0 Å². The van der Waals surface area contributed by atoms with Gasteiger partial charge in [0.2, 0.25) is 0 Å². The van der Waals surface area contributed by atoms with Crippen LogP contribution in [0.5, 0.6) is 0 Å². The van der Waals surface area contributed by atoms with Crippen molar-refractivity contribution in [1.29, 1.82) is 0 Å². The molecule has 0 spiro atoms. The Morgan fingerprint density at radius 3 is 2.67 bits per heavy atom. The van der Waals surface area contributed by atoms with Crippen LogP contribution in [0, 0.1) is 5.92 Å². The normalized spacial score (nSPS) is 37.3. The van der Waals surface area contributed by atoms with Crippen LogP contribution in [0.3, 0.4) is 0 Å². The van der Waals surface area contributed by atoms with Crippen LogP contribution in [0.4, 0.5) is 0 Å². The molecule has 0 saturated heterocycles. The van der Waals surface area contributed by atoms with Crippen LogP contribution in [-0.2, 0) is 0 Å². The molecule has 0 radical (unpaired) electrons. The SMILES string of the molecule is CC1(N)CC=C(C2CCC2)CC1. The summed E-state index contributed by atoms with van der Waals surface area (Å²) in [6.45, 7) is 2.17. The highest BCUT2D eigenvalue weighted by atomic mass is 14.7. The van der Waals surface area contributed by atoms with Gasteiger partial charge in [0.1, 0.15) is 0 Å². The zero-order chi connectivity index (χ0) is 8.60. The van der Waals surface area contributed by atoms with Crippen LogP contribution in [-0.4, -0.2) is 5.54 Å². The van der Waals surface area contributed by atoms with Crippen molar-refractivity contribution in [2.75, 3.05) is 0 Å². The molecule has 0 aromatic heterocycles. The van der Waals surface area contributed by atoms with Gasteiger partial charge in [-0.2, -0.15) is 0 Å². The number of hydrogen-bond donors (Lipinski definition) is 1. The fourth-order valence-corrected chi connectivity index (χ4v) is 2.15. The van der Waals surface area contributed by atoms with Crippen molar-refractivity contribution in [1.82, 2.24) is 0 Å². The maximum atomic E-state index is 6.06. The Morgan fingerprint density at radius 2 is 2.25 bits per heavy atom. The van der Waals surface area contributed by atoms with Crippen LogP contribution < -0.4 is 5.73 Å². The second-order valence-corrected chi connectivity index (χ2v) is 4.77. The van der Waals surface area contributed by atoms with Gasteiger partial charge in [-0.05, 0) is 44.9 Å². The molecule has 0 aromatic carbocycles. The Labute approximate surface area is 75.0 Å². The lowest BCUT2D eigenvalue weighted by Crippen LogP contribution is -2.38. The molecule has 2 rings (SSSR count). The second-order valence-electron chi connectivity index (χ2n) is 4.77. The molecular weight excluding hydrogens is 146 g/mol. The Bertz CT molecular complexity index is 199. The monoisotopic (exact) mass is 165 g/mol. The van der Waals surface area contributed by atoms with Gasteiger partial charge in [0, 0.05) is 5.54 Å². The maximum Gasteiger partial charge on any atom is 0.0163 e. The van der Waals surface area contributed by atoms with Gasteiger partial charge in [0.05, 0.1) is 0 Å². The van der Waals surface area contributed by atoms with Crippen LogP contribution >= 0.6 is 0 Å². The molecule has 0 amide bonds. The molecule has 2 aliphatic rings. The number of allylic oxidation sites excluding steroid dienone is 1. The van der Waals surface area contributed by atoms with Crippen LogP contribution in [0.1, 0.15) is 45.4 Å². The third-order valence-corrected chi connectivity index (χ3v) is 3.44. The maximum absolute atomic E-state index is 6.06. The molecule has 2 N–H and O–H groups in total. The van der Waals surface area contributed by atoms with E-state index < -0.39 is 0 Å². The average molecular weight is 165 g/mol. The lowest BCUT2D eigenvalue weighted by Gasteiger charge is -2.35. The van der Waals surface area contributed by atoms with E-state index in [1.165, 1.54) is 32.1 Å². The van der Waals surface area contributed by atoms with E-state index in [9.17, 15) is 0 Å². The quantitative estimate of drug-likeness (QED) is 0.594. The smallest absolute Gasteiger partial charge is 0.0163 e. The van der Waals surface area contributed by atoms with Crippen molar-refractivity contribution in [3.05, 3.63) is 11.6 Å². The Morgan fingerprint density at radius 1 is 1.50 bits per heavy atom. The predicted molar refractivity (Wildman–Crippen MR) is 51.9 cm³/mol. The summed E-state index contributed by atoms with van der Waals surface area (Å²) in [7, 11) is 0. The molecule has 0 bridgehead atoms. The first-order valence-electron chi connectivity index (χ1n) is 5.15. The van der Waals surface area contributed by atoms with Gasteiger partial charge >= 0.3 is 0 Å². The van der Waals surface area contributed by atoms with Gasteiger partial charge in [-0.1, -0.05) is 18.1 Å². The van der Waals surface area contributed by atoms with E-state index in [2.05, 4.69) is 13.0 Å². The molecule has 1 nitrogen and oxygen atoms in total. The average Bonchev–Trinajstić information content (AvgIpc) is 1.89. The van der Waals surface area contributed by atoms with Gasteiger partial charge < -0.3 is 5.73 Å². The van der Waals surface area contributed by atoms with E-state index in [1.807, 2.05) is 0 Å². The lowest BCUT2D eigenvalue weighted by molar-refractivity contribution is 0.328. The molecule has 1 fully saturated rings. The minimum atomic E-state index is 0.0905. The molecule has 12 heavy (non-hydrogen) atoms. The number of hydrogen-bond acceptors (Lipinski definition) is 1. The number of nitrogens with two attached hydrogens (primary N) is 1. The fraction of sp³-hybridized carbons (Fsp3) is 0.818. The van der Waals surface area contributed by atoms with Crippen LogP contribution in [0.15, 0.2) is 11.6 Å². The van der Waals surface area contributed by atoms with E-state index >= 15 is 0 Å². The first-order valence-corrected chi connectivity index (χ1v) is 5.15. The third kappa shape index (κ3) is 1.56. The summed E-state index contributed by atoms with van der Waals surface area (Å²) in [5, 5.41) is 0. The zero-order valence-corrected chi connectivity index (χ0v) is 7.97.